The standard InChI is InChI=1S/C26H38O2Si/c1-25(2,3)29(6,7)28-24-13-12-23-22-11-9-18-8-10-21(27-5)17-20(18)16-19(22)14-15-26(23,24)4/h8-11,17,23-24H,12-16H2,1-7H3/t23-,24-,26-/m0/s1. The fourth-order valence-electron chi connectivity index (χ4n) is 5.44. The number of benzene rings is 1. The van der Waals surface area contributed by atoms with Crippen LogP contribution < -0.4 is 4.74 Å². The summed E-state index contributed by atoms with van der Waals surface area (Å²) in [5.74, 6) is 1.60. The van der Waals surface area contributed by atoms with Crippen molar-refractivity contribution >= 4 is 14.4 Å². The SMILES string of the molecule is COc1ccc2c(c1)CC1=C(C=C2)[C@@H]2CC[C@H](O[Si](C)(C)C(C)(C)C)[C@@]2(C)CC1. The first-order chi connectivity index (χ1) is 13.5. The molecular weight excluding hydrogens is 372 g/mol. The van der Waals surface area contributed by atoms with E-state index in [1.165, 1.54) is 36.8 Å². The zero-order valence-electron chi connectivity index (χ0n) is 19.4. The zero-order chi connectivity index (χ0) is 21.0. The van der Waals surface area contributed by atoms with Gasteiger partial charge in [-0.3, -0.25) is 0 Å². The highest BCUT2D eigenvalue weighted by Gasteiger charge is 2.53. The average molecular weight is 411 g/mol. The lowest BCUT2D eigenvalue weighted by Crippen LogP contribution is -2.48. The van der Waals surface area contributed by atoms with Crippen molar-refractivity contribution in [3.8, 4) is 5.75 Å². The molecule has 1 fully saturated rings. The van der Waals surface area contributed by atoms with Gasteiger partial charge in [0.1, 0.15) is 5.75 Å². The minimum atomic E-state index is -1.76. The summed E-state index contributed by atoms with van der Waals surface area (Å²) >= 11 is 0. The molecule has 3 heteroatoms. The lowest BCUT2D eigenvalue weighted by molar-refractivity contribution is 0.0458. The minimum absolute atomic E-state index is 0.267. The Bertz CT molecular complexity index is 858. The molecule has 0 aromatic heterocycles. The smallest absolute Gasteiger partial charge is 0.192 e. The molecule has 29 heavy (non-hydrogen) atoms. The normalized spacial score (nSPS) is 29.2. The molecule has 3 atom stereocenters. The van der Waals surface area contributed by atoms with E-state index in [1.807, 2.05) is 0 Å². The van der Waals surface area contributed by atoms with Crippen molar-refractivity contribution in [1.82, 2.24) is 0 Å². The Kier molecular flexibility index (Phi) is 5.14. The monoisotopic (exact) mass is 410 g/mol. The van der Waals surface area contributed by atoms with Crippen LogP contribution in [0.25, 0.3) is 6.08 Å². The summed E-state index contributed by atoms with van der Waals surface area (Å²) in [4.78, 5) is 0. The van der Waals surface area contributed by atoms with E-state index in [4.69, 9.17) is 9.16 Å². The fraction of sp³-hybridized carbons (Fsp3) is 0.615. The molecule has 3 aliphatic carbocycles. The van der Waals surface area contributed by atoms with Gasteiger partial charge in [-0.2, -0.15) is 0 Å². The molecule has 0 radical (unpaired) electrons. The maximum atomic E-state index is 7.01. The van der Waals surface area contributed by atoms with E-state index in [1.54, 1.807) is 18.3 Å². The molecule has 0 heterocycles. The summed E-state index contributed by atoms with van der Waals surface area (Å²) in [6.07, 6.45) is 11.2. The van der Waals surface area contributed by atoms with Gasteiger partial charge in [0.2, 0.25) is 0 Å². The van der Waals surface area contributed by atoms with Gasteiger partial charge in [-0.25, -0.2) is 0 Å². The van der Waals surface area contributed by atoms with E-state index in [0.717, 1.165) is 12.2 Å². The molecule has 0 N–H and O–H groups in total. The van der Waals surface area contributed by atoms with Gasteiger partial charge in [0.25, 0.3) is 0 Å². The van der Waals surface area contributed by atoms with Crippen LogP contribution in [0.3, 0.4) is 0 Å². The third-order valence-corrected chi connectivity index (χ3v) is 12.9. The first kappa shape index (κ1) is 20.9. The molecular formula is C26H38O2Si. The van der Waals surface area contributed by atoms with Crippen LogP contribution >= 0.6 is 0 Å². The van der Waals surface area contributed by atoms with Crippen LogP contribution in [-0.4, -0.2) is 21.5 Å². The van der Waals surface area contributed by atoms with Crippen molar-refractivity contribution in [3.63, 3.8) is 0 Å². The molecule has 0 spiro atoms. The van der Waals surface area contributed by atoms with Crippen molar-refractivity contribution in [1.29, 1.82) is 0 Å². The van der Waals surface area contributed by atoms with Crippen molar-refractivity contribution < 1.29 is 9.16 Å². The molecule has 0 saturated heterocycles. The maximum Gasteiger partial charge on any atom is 0.192 e. The Balaban J connectivity index is 1.62. The van der Waals surface area contributed by atoms with Gasteiger partial charge in [0, 0.05) is 0 Å². The maximum absolute atomic E-state index is 7.01. The highest BCUT2D eigenvalue weighted by atomic mass is 28.4. The second kappa shape index (κ2) is 7.13. The van der Waals surface area contributed by atoms with E-state index in [9.17, 15) is 0 Å². The molecule has 4 rings (SSSR count). The summed E-state index contributed by atoms with van der Waals surface area (Å²) in [6, 6.07) is 6.51. The Morgan fingerprint density at radius 1 is 1.10 bits per heavy atom. The van der Waals surface area contributed by atoms with Gasteiger partial charge in [0.15, 0.2) is 8.32 Å². The van der Waals surface area contributed by atoms with E-state index >= 15 is 0 Å². The van der Waals surface area contributed by atoms with E-state index in [0.29, 0.717) is 12.0 Å². The van der Waals surface area contributed by atoms with Crippen molar-refractivity contribution in [2.75, 3.05) is 7.11 Å². The summed E-state index contributed by atoms with van der Waals surface area (Å²) in [6.45, 7) is 14.4. The van der Waals surface area contributed by atoms with Crippen LogP contribution in [0.2, 0.25) is 18.1 Å². The van der Waals surface area contributed by atoms with Crippen molar-refractivity contribution in [2.45, 2.75) is 84.0 Å². The number of ether oxygens (including phenoxy) is 1. The number of fused-ring (bicyclic) bond motifs is 3. The van der Waals surface area contributed by atoms with Crippen LogP contribution in [0, 0.1) is 11.3 Å². The minimum Gasteiger partial charge on any atom is -0.497 e. The van der Waals surface area contributed by atoms with Gasteiger partial charge >= 0.3 is 0 Å². The largest absolute Gasteiger partial charge is 0.497 e. The van der Waals surface area contributed by atoms with Crippen molar-refractivity contribution in [3.05, 3.63) is 46.5 Å². The lowest BCUT2D eigenvalue weighted by Gasteiger charge is -2.46. The molecule has 3 aliphatic rings. The first-order valence-corrected chi connectivity index (χ1v) is 14.2. The topological polar surface area (TPSA) is 18.5 Å². The number of hydrogen-bond acceptors (Lipinski definition) is 2. The Labute approximate surface area is 178 Å². The third kappa shape index (κ3) is 3.55. The third-order valence-electron chi connectivity index (χ3n) is 8.44. The molecule has 2 nitrogen and oxygen atoms in total. The van der Waals surface area contributed by atoms with E-state index in [2.05, 4.69) is 71.1 Å². The molecule has 158 valence electrons. The second-order valence-electron chi connectivity index (χ2n) is 11.1. The second-order valence-corrected chi connectivity index (χ2v) is 15.9. The Morgan fingerprint density at radius 3 is 2.55 bits per heavy atom. The predicted molar refractivity (Wildman–Crippen MR) is 125 cm³/mol. The fourth-order valence-corrected chi connectivity index (χ4v) is 6.90. The molecule has 1 saturated carbocycles. The van der Waals surface area contributed by atoms with Crippen LogP contribution in [0.15, 0.2) is 35.4 Å². The summed E-state index contributed by atoms with van der Waals surface area (Å²) in [5.41, 5.74) is 6.27. The van der Waals surface area contributed by atoms with Crippen LogP contribution in [0.1, 0.15) is 64.5 Å². The van der Waals surface area contributed by atoms with E-state index in [-0.39, 0.29) is 10.5 Å². The Morgan fingerprint density at radius 2 is 1.86 bits per heavy atom. The van der Waals surface area contributed by atoms with Crippen LogP contribution in [0.5, 0.6) is 5.75 Å². The van der Waals surface area contributed by atoms with Gasteiger partial charge in [-0.1, -0.05) is 51.5 Å². The number of rotatable bonds is 3. The lowest BCUT2D eigenvalue weighted by atomic mass is 9.65. The summed E-state index contributed by atoms with van der Waals surface area (Å²) in [7, 11) is -0.00106. The zero-order valence-corrected chi connectivity index (χ0v) is 20.4. The number of allylic oxidation sites excluding steroid dienone is 3. The predicted octanol–water partition coefficient (Wildman–Crippen LogP) is 7.16. The van der Waals surface area contributed by atoms with Crippen LogP contribution in [-0.2, 0) is 10.8 Å². The van der Waals surface area contributed by atoms with E-state index < -0.39 is 8.32 Å². The highest BCUT2D eigenvalue weighted by molar-refractivity contribution is 6.74. The molecule has 0 aliphatic heterocycles. The average Bonchev–Trinajstić information content (AvgIpc) is 2.85. The molecule has 1 aromatic carbocycles. The van der Waals surface area contributed by atoms with Crippen LogP contribution in [0.4, 0.5) is 0 Å². The molecule has 1 aromatic rings. The van der Waals surface area contributed by atoms with Crippen molar-refractivity contribution in [2.24, 2.45) is 11.3 Å². The molecule has 0 bridgehead atoms. The quantitative estimate of drug-likeness (QED) is 0.492. The number of methoxy groups -OCH3 is 1. The molecule has 0 unspecified atom stereocenters. The first-order valence-electron chi connectivity index (χ1n) is 11.3. The number of hydrogen-bond donors (Lipinski definition) is 0. The highest BCUT2D eigenvalue weighted by Crippen LogP contribution is 2.57. The van der Waals surface area contributed by atoms with Gasteiger partial charge in [-0.15, -0.1) is 0 Å². The molecule has 0 amide bonds. The Hall–Kier alpha value is -1.32. The van der Waals surface area contributed by atoms with Gasteiger partial charge in [-0.05, 0) is 90.4 Å². The van der Waals surface area contributed by atoms with Gasteiger partial charge < -0.3 is 9.16 Å². The van der Waals surface area contributed by atoms with Gasteiger partial charge in [0.05, 0.1) is 13.2 Å². The summed E-state index contributed by atoms with van der Waals surface area (Å²) < 4.78 is 12.5. The summed E-state index contributed by atoms with van der Waals surface area (Å²) in [5, 5.41) is 0.267.